The summed E-state index contributed by atoms with van der Waals surface area (Å²) in [6.45, 7) is 1.96. The Bertz CT molecular complexity index is 438. The lowest BCUT2D eigenvalue weighted by atomic mass is 10.0. The van der Waals surface area contributed by atoms with Gasteiger partial charge in [0.2, 0.25) is 5.91 Å². The van der Waals surface area contributed by atoms with E-state index in [0.717, 1.165) is 25.1 Å². The Kier molecular flexibility index (Phi) is 5.19. The fourth-order valence-electron chi connectivity index (χ4n) is 2.49. The van der Waals surface area contributed by atoms with Gasteiger partial charge < -0.3 is 11.1 Å². The molecule has 104 valence electrons. The van der Waals surface area contributed by atoms with Crippen molar-refractivity contribution >= 4 is 23.2 Å². The van der Waals surface area contributed by atoms with Crippen LogP contribution in [-0.2, 0) is 4.79 Å². The lowest BCUT2D eigenvalue weighted by Gasteiger charge is -2.34. The van der Waals surface area contributed by atoms with Crippen LogP contribution in [0.2, 0.25) is 5.02 Å². The molecule has 0 aromatic heterocycles. The van der Waals surface area contributed by atoms with Crippen molar-refractivity contribution in [1.82, 2.24) is 4.90 Å². The topological polar surface area (TPSA) is 58.4 Å². The molecule has 1 aromatic carbocycles. The molecular weight excluding hydrogens is 262 g/mol. The Morgan fingerprint density at radius 1 is 1.47 bits per heavy atom. The summed E-state index contributed by atoms with van der Waals surface area (Å²) in [6, 6.07) is 7.52. The number of carbonyl (C=O) groups excluding carboxylic acids is 1. The second-order valence-corrected chi connectivity index (χ2v) is 5.35. The van der Waals surface area contributed by atoms with E-state index >= 15 is 0 Å². The zero-order chi connectivity index (χ0) is 13.7. The molecule has 1 unspecified atom stereocenters. The SMILES string of the molecule is NCC1CCCCN1CC(=O)Nc1cccc(Cl)c1. The number of anilines is 1. The molecule has 1 saturated heterocycles. The maximum Gasteiger partial charge on any atom is 0.238 e. The highest BCUT2D eigenvalue weighted by Crippen LogP contribution is 2.17. The van der Waals surface area contributed by atoms with Crippen LogP contribution in [0.3, 0.4) is 0 Å². The van der Waals surface area contributed by atoms with Crippen molar-refractivity contribution in [3.05, 3.63) is 29.3 Å². The van der Waals surface area contributed by atoms with Crippen LogP contribution in [0.25, 0.3) is 0 Å². The summed E-state index contributed by atoms with van der Waals surface area (Å²) < 4.78 is 0. The lowest BCUT2D eigenvalue weighted by molar-refractivity contribution is -0.118. The number of benzene rings is 1. The van der Waals surface area contributed by atoms with Gasteiger partial charge in [0.25, 0.3) is 0 Å². The summed E-state index contributed by atoms with van der Waals surface area (Å²) in [4.78, 5) is 14.2. The van der Waals surface area contributed by atoms with Crippen LogP contribution >= 0.6 is 11.6 Å². The highest BCUT2D eigenvalue weighted by atomic mass is 35.5. The molecule has 0 radical (unpaired) electrons. The van der Waals surface area contributed by atoms with E-state index in [4.69, 9.17) is 17.3 Å². The lowest BCUT2D eigenvalue weighted by Crippen LogP contribution is -2.47. The Morgan fingerprint density at radius 2 is 2.32 bits per heavy atom. The third-order valence-electron chi connectivity index (χ3n) is 3.48. The van der Waals surface area contributed by atoms with Crippen LogP contribution in [0, 0.1) is 0 Å². The van der Waals surface area contributed by atoms with Crippen LogP contribution in [0.5, 0.6) is 0 Å². The first-order valence-electron chi connectivity index (χ1n) is 6.68. The quantitative estimate of drug-likeness (QED) is 0.888. The first kappa shape index (κ1) is 14.3. The Hall–Kier alpha value is -1.10. The predicted octanol–water partition coefficient (Wildman–Crippen LogP) is 2.09. The van der Waals surface area contributed by atoms with Crippen molar-refractivity contribution in [2.24, 2.45) is 5.73 Å². The van der Waals surface area contributed by atoms with Gasteiger partial charge >= 0.3 is 0 Å². The number of nitrogens with zero attached hydrogens (tertiary/aromatic N) is 1. The van der Waals surface area contributed by atoms with E-state index in [1.807, 2.05) is 12.1 Å². The van der Waals surface area contributed by atoms with Crippen molar-refractivity contribution in [3.8, 4) is 0 Å². The van der Waals surface area contributed by atoms with Gasteiger partial charge in [0.05, 0.1) is 6.54 Å². The molecule has 0 aliphatic carbocycles. The molecule has 0 bridgehead atoms. The number of piperidine rings is 1. The van der Waals surface area contributed by atoms with E-state index in [9.17, 15) is 4.79 Å². The smallest absolute Gasteiger partial charge is 0.238 e. The number of halogens is 1. The number of amides is 1. The van der Waals surface area contributed by atoms with Crippen LogP contribution in [0.15, 0.2) is 24.3 Å². The van der Waals surface area contributed by atoms with Gasteiger partial charge in [-0.2, -0.15) is 0 Å². The highest BCUT2D eigenvalue weighted by Gasteiger charge is 2.22. The van der Waals surface area contributed by atoms with Crippen molar-refractivity contribution in [3.63, 3.8) is 0 Å². The Labute approximate surface area is 118 Å². The predicted molar refractivity (Wildman–Crippen MR) is 78.3 cm³/mol. The number of hydrogen-bond acceptors (Lipinski definition) is 3. The largest absolute Gasteiger partial charge is 0.329 e. The highest BCUT2D eigenvalue weighted by molar-refractivity contribution is 6.30. The molecule has 1 aliphatic rings. The number of nitrogens with two attached hydrogens (primary N) is 1. The molecule has 19 heavy (non-hydrogen) atoms. The Balaban J connectivity index is 1.90. The third kappa shape index (κ3) is 4.20. The average Bonchev–Trinajstić information content (AvgIpc) is 2.39. The fourth-order valence-corrected chi connectivity index (χ4v) is 2.68. The normalized spacial score (nSPS) is 20.2. The first-order valence-corrected chi connectivity index (χ1v) is 7.06. The fraction of sp³-hybridized carbons (Fsp3) is 0.500. The number of likely N-dealkylation sites (tertiary alicyclic amines) is 1. The molecular formula is C14H20ClN3O. The van der Waals surface area contributed by atoms with E-state index in [-0.39, 0.29) is 5.91 Å². The first-order chi connectivity index (χ1) is 9.19. The van der Waals surface area contributed by atoms with Crippen LogP contribution in [0.1, 0.15) is 19.3 Å². The van der Waals surface area contributed by atoms with E-state index in [1.54, 1.807) is 12.1 Å². The number of rotatable bonds is 4. The molecule has 2 rings (SSSR count). The summed E-state index contributed by atoms with van der Waals surface area (Å²) in [6.07, 6.45) is 3.43. The zero-order valence-electron chi connectivity index (χ0n) is 10.9. The van der Waals surface area contributed by atoms with E-state index in [0.29, 0.717) is 24.2 Å². The second kappa shape index (κ2) is 6.89. The van der Waals surface area contributed by atoms with Crippen LogP contribution in [-0.4, -0.2) is 36.5 Å². The molecule has 1 aromatic rings. The third-order valence-corrected chi connectivity index (χ3v) is 3.71. The minimum absolute atomic E-state index is 0.0115. The molecule has 3 N–H and O–H groups in total. The van der Waals surface area contributed by atoms with Crippen LogP contribution in [0.4, 0.5) is 5.69 Å². The maximum absolute atomic E-state index is 12.0. The van der Waals surface area contributed by atoms with Gasteiger partial charge in [0, 0.05) is 23.3 Å². The van der Waals surface area contributed by atoms with Crippen molar-refractivity contribution < 1.29 is 4.79 Å². The van der Waals surface area contributed by atoms with Gasteiger partial charge in [-0.15, -0.1) is 0 Å². The van der Waals surface area contributed by atoms with Gasteiger partial charge in [-0.25, -0.2) is 0 Å². The summed E-state index contributed by atoms with van der Waals surface area (Å²) in [7, 11) is 0. The molecule has 5 heteroatoms. The van der Waals surface area contributed by atoms with Crippen LogP contribution < -0.4 is 11.1 Å². The minimum atomic E-state index is -0.0115. The number of carbonyl (C=O) groups is 1. The number of nitrogens with one attached hydrogen (secondary N) is 1. The molecule has 1 amide bonds. The van der Waals surface area contributed by atoms with Gasteiger partial charge in [-0.3, -0.25) is 9.69 Å². The maximum atomic E-state index is 12.0. The van der Waals surface area contributed by atoms with Crippen molar-refractivity contribution in [2.75, 3.05) is 25.0 Å². The summed E-state index contributed by atoms with van der Waals surface area (Å²) in [5.74, 6) is -0.0115. The molecule has 1 heterocycles. The number of hydrogen-bond donors (Lipinski definition) is 2. The average molecular weight is 282 g/mol. The summed E-state index contributed by atoms with van der Waals surface area (Å²) in [5.41, 5.74) is 6.49. The van der Waals surface area contributed by atoms with Gasteiger partial charge in [-0.05, 0) is 37.6 Å². The van der Waals surface area contributed by atoms with Gasteiger partial charge in [-0.1, -0.05) is 24.1 Å². The molecule has 1 atom stereocenters. The van der Waals surface area contributed by atoms with E-state index < -0.39 is 0 Å². The van der Waals surface area contributed by atoms with Crippen molar-refractivity contribution in [2.45, 2.75) is 25.3 Å². The molecule has 1 fully saturated rings. The Morgan fingerprint density at radius 3 is 3.05 bits per heavy atom. The molecule has 4 nitrogen and oxygen atoms in total. The minimum Gasteiger partial charge on any atom is -0.329 e. The van der Waals surface area contributed by atoms with E-state index in [2.05, 4.69) is 10.2 Å². The standard InChI is InChI=1S/C14H20ClN3O/c15-11-4-3-5-12(8-11)17-14(19)10-18-7-2-1-6-13(18)9-16/h3-5,8,13H,1-2,6-7,9-10,16H2,(H,17,19). The monoisotopic (exact) mass is 281 g/mol. The summed E-state index contributed by atoms with van der Waals surface area (Å²) >= 11 is 5.89. The van der Waals surface area contributed by atoms with Gasteiger partial charge in [0.1, 0.15) is 0 Å². The molecule has 0 saturated carbocycles. The van der Waals surface area contributed by atoms with E-state index in [1.165, 1.54) is 6.42 Å². The molecule has 1 aliphatic heterocycles. The summed E-state index contributed by atoms with van der Waals surface area (Å²) in [5, 5.41) is 3.49. The molecule has 0 spiro atoms. The van der Waals surface area contributed by atoms with Crippen molar-refractivity contribution in [1.29, 1.82) is 0 Å². The van der Waals surface area contributed by atoms with Gasteiger partial charge in [0.15, 0.2) is 0 Å². The second-order valence-electron chi connectivity index (χ2n) is 4.91. The zero-order valence-corrected chi connectivity index (χ0v) is 11.7.